The molecule has 0 aromatic heterocycles. The summed E-state index contributed by atoms with van der Waals surface area (Å²) in [5.74, 6) is -0.182. The molecule has 1 rings (SSSR count). The fourth-order valence-corrected chi connectivity index (χ4v) is 7.72. The molecule has 346 valence electrons. The first-order valence-electron chi connectivity index (χ1n) is 24.7. The van der Waals surface area contributed by atoms with E-state index in [0.717, 1.165) is 44.9 Å². The molecule has 9 heteroatoms. The highest BCUT2D eigenvalue weighted by molar-refractivity contribution is 5.76. The Labute approximate surface area is 361 Å². The van der Waals surface area contributed by atoms with Crippen molar-refractivity contribution in [3.63, 3.8) is 0 Å². The predicted molar refractivity (Wildman–Crippen MR) is 244 cm³/mol. The van der Waals surface area contributed by atoms with Crippen LogP contribution in [0.4, 0.5) is 0 Å². The lowest BCUT2D eigenvalue weighted by atomic mass is 9.99. The first-order valence-corrected chi connectivity index (χ1v) is 24.7. The Hall–Kier alpha value is -1.59. The van der Waals surface area contributed by atoms with Crippen LogP contribution in [0, 0.1) is 0 Å². The zero-order valence-corrected chi connectivity index (χ0v) is 38.0. The lowest BCUT2D eigenvalue weighted by Gasteiger charge is -2.40. The molecular weight excluding hydrogens is 743 g/mol. The third-order valence-corrected chi connectivity index (χ3v) is 11.7. The molecule has 7 unspecified atom stereocenters. The van der Waals surface area contributed by atoms with Crippen molar-refractivity contribution in [2.45, 2.75) is 262 Å². The highest BCUT2D eigenvalue weighted by Gasteiger charge is 2.44. The van der Waals surface area contributed by atoms with Gasteiger partial charge in [-0.05, 0) is 51.4 Å². The summed E-state index contributed by atoms with van der Waals surface area (Å²) in [6.45, 7) is 3.74. The molecular formula is C50H93NO8. The number of amides is 1. The number of rotatable bonds is 41. The summed E-state index contributed by atoms with van der Waals surface area (Å²) in [6, 6.07) is -0.803. The van der Waals surface area contributed by atoms with Gasteiger partial charge in [0.2, 0.25) is 5.91 Å². The molecule has 0 bridgehead atoms. The van der Waals surface area contributed by atoms with Crippen molar-refractivity contribution in [2.24, 2.45) is 0 Å². The normalized spacial score (nSPS) is 21.0. The van der Waals surface area contributed by atoms with E-state index in [-0.39, 0.29) is 12.5 Å². The van der Waals surface area contributed by atoms with Crippen LogP contribution >= 0.6 is 0 Å². The smallest absolute Gasteiger partial charge is 0.220 e. The van der Waals surface area contributed by atoms with Gasteiger partial charge in [-0.1, -0.05) is 198 Å². The molecule has 1 aliphatic rings. The topological polar surface area (TPSA) is 149 Å². The Morgan fingerprint density at radius 2 is 1.00 bits per heavy atom. The van der Waals surface area contributed by atoms with E-state index in [1.165, 1.54) is 154 Å². The van der Waals surface area contributed by atoms with Crippen LogP contribution in [0.3, 0.4) is 0 Å². The Kier molecular flexibility index (Phi) is 38.0. The van der Waals surface area contributed by atoms with Crippen molar-refractivity contribution in [2.75, 3.05) is 13.2 Å². The zero-order chi connectivity index (χ0) is 43.0. The fourth-order valence-electron chi connectivity index (χ4n) is 7.72. The maximum absolute atomic E-state index is 12.9. The van der Waals surface area contributed by atoms with E-state index < -0.39 is 49.5 Å². The van der Waals surface area contributed by atoms with E-state index in [0.29, 0.717) is 6.42 Å². The standard InChI is InChI=1S/C50H93NO8/c1-3-5-7-9-11-13-14-15-16-17-18-19-20-21-22-23-24-25-26-27-28-29-30-32-34-36-38-40-46(54)51-43(44(53)39-37-35-33-31-12-10-8-6-4-2)42-58-50-49(57)48(56)47(55)45(41-52)59-50/h18-19,21-22,37,39,43-45,47-50,52-53,55-57H,3-17,20,23-36,38,40-42H2,1-2H3,(H,51,54)/b19-18-,22-21-,39-37+. The van der Waals surface area contributed by atoms with E-state index >= 15 is 0 Å². The molecule has 1 heterocycles. The van der Waals surface area contributed by atoms with Gasteiger partial charge in [0.25, 0.3) is 0 Å². The van der Waals surface area contributed by atoms with Crippen molar-refractivity contribution >= 4 is 5.91 Å². The molecule has 59 heavy (non-hydrogen) atoms. The molecule has 6 N–H and O–H groups in total. The van der Waals surface area contributed by atoms with Crippen molar-refractivity contribution in [1.82, 2.24) is 5.32 Å². The number of carbonyl (C=O) groups is 1. The van der Waals surface area contributed by atoms with Crippen molar-refractivity contribution in [1.29, 1.82) is 0 Å². The quantitative estimate of drug-likeness (QED) is 0.0263. The van der Waals surface area contributed by atoms with Gasteiger partial charge in [0, 0.05) is 6.42 Å². The average molecular weight is 836 g/mol. The maximum Gasteiger partial charge on any atom is 0.220 e. The molecule has 1 aliphatic heterocycles. The highest BCUT2D eigenvalue weighted by atomic mass is 16.7. The minimum absolute atomic E-state index is 0.182. The van der Waals surface area contributed by atoms with Gasteiger partial charge in [-0.15, -0.1) is 0 Å². The zero-order valence-electron chi connectivity index (χ0n) is 38.0. The van der Waals surface area contributed by atoms with Gasteiger partial charge < -0.3 is 40.3 Å². The second-order valence-electron chi connectivity index (χ2n) is 17.3. The second kappa shape index (κ2) is 40.5. The molecule has 9 nitrogen and oxygen atoms in total. The fraction of sp³-hybridized carbons (Fsp3) is 0.860. The third-order valence-electron chi connectivity index (χ3n) is 11.7. The molecule has 0 aromatic carbocycles. The number of ether oxygens (including phenoxy) is 2. The summed E-state index contributed by atoms with van der Waals surface area (Å²) in [5.41, 5.74) is 0. The van der Waals surface area contributed by atoms with Gasteiger partial charge in [0.15, 0.2) is 6.29 Å². The lowest BCUT2D eigenvalue weighted by Crippen LogP contribution is -2.60. The summed E-state index contributed by atoms with van der Waals surface area (Å²) in [5, 5.41) is 54.1. The Balaban J connectivity index is 2.18. The first kappa shape index (κ1) is 55.4. The van der Waals surface area contributed by atoms with Crippen LogP contribution in [0.5, 0.6) is 0 Å². The van der Waals surface area contributed by atoms with Gasteiger partial charge >= 0.3 is 0 Å². The molecule has 0 spiro atoms. The van der Waals surface area contributed by atoms with Crippen LogP contribution in [-0.2, 0) is 14.3 Å². The SMILES string of the molecule is CCCCCCCCC/C=C/C(O)C(COC1OC(CO)C(O)C(O)C1O)NC(=O)CCCCCCCCCCCCC/C=C\C/C=C\CCCCCCCCCCC. The summed E-state index contributed by atoms with van der Waals surface area (Å²) in [7, 11) is 0. The molecule has 1 saturated heterocycles. The molecule has 0 radical (unpaired) electrons. The number of hydrogen-bond donors (Lipinski definition) is 6. The number of hydrogen-bond acceptors (Lipinski definition) is 8. The van der Waals surface area contributed by atoms with Crippen molar-refractivity contribution in [3.8, 4) is 0 Å². The van der Waals surface area contributed by atoms with E-state index in [9.17, 15) is 30.3 Å². The van der Waals surface area contributed by atoms with E-state index in [1.54, 1.807) is 6.08 Å². The number of nitrogens with one attached hydrogen (secondary N) is 1. The summed E-state index contributed by atoms with van der Waals surface area (Å²) >= 11 is 0. The van der Waals surface area contributed by atoms with Gasteiger partial charge in [-0.2, -0.15) is 0 Å². The second-order valence-corrected chi connectivity index (χ2v) is 17.3. The van der Waals surface area contributed by atoms with Crippen LogP contribution in [-0.4, -0.2) is 87.5 Å². The van der Waals surface area contributed by atoms with Gasteiger partial charge in [0.05, 0.1) is 25.4 Å². The van der Waals surface area contributed by atoms with E-state index in [4.69, 9.17) is 9.47 Å². The number of allylic oxidation sites excluding steroid dienone is 5. The molecule has 0 aliphatic carbocycles. The van der Waals surface area contributed by atoms with Crippen LogP contribution in [0.1, 0.15) is 219 Å². The van der Waals surface area contributed by atoms with Crippen LogP contribution in [0.15, 0.2) is 36.5 Å². The summed E-state index contributed by atoms with van der Waals surface area (Å²) in [6.07, 6.45) is 43.6. The molecule has 1 fully saturated rings. The molecule has 1 amide bonds. The summed E-state index contributed by atoms with van der Waals surface area (Å²) in [4.78, 5) is 12.9. The minimum Gasteiger partial charge on any atom is -0.394 e. The van der Waals surface area contributed by atoms with Crippen molar-refractivity contribution in [3.05, 3.63) is 36.5 Å². The minimum atomic E-state index is -1.56. The Morgan fingerprint density at radius 3 is 1.46 bits per heavy atom. The number of carbonyl (C=O) groups excluding carboxylic acids is 1. The van der Waals surface area contributed by atoms with Gasteiger partial charge in [-0.25, -0.2) is 0 Å². The Morgan fingerprint density at radius 1 is 0.576 bits per heavy atom. The average Bonchev–Trinajstić information content (AvgIpc) is 3.23. The largest absolute Gasteiger partial charge is 0.394 e. The lowest BCUT2D eigenvalue weighted by molar-refractivity contribution is -0.302. The van der Waals surface area contributed by atoms with Crippen LogP contribution in [0.2, 0.25) is 0 Å². The van der Waals surface area contributed by atoms with Crippen LogP contribution in [0.25, 0.3) is 0 Å². The van der Waals surface area contributed by atoms with Gasteiger partial charge in [0.1, 0.15) is 24.4 Å². The maximum atomic E-state index is 12.9. The molecule has 7 atom stereocenters. The highest BCUT2D eigenvalue weighted by Crippen LogP contribution is 2.23. The Bertz CT molecular complexity index is 1020. The van der Waals surface area contributed by atoms with Crippen molar-refractivity contribution < 1.29 is 39.8 Å². The van der Waals surface area contributed by atoms with Crippen LogP contribution < -0.4 is 5.32 Å². The molecule has 0 saturated carbocycles. The number of unbranched alkanes of at least 4 members (excludes halogenated alkanes) is 27. The first-order chi connectivity index (χ1) is 28.8. The monoisotopic (exact) mass is 836 g/mol. The number of aliphatic hydroxyl groups excluding tert-OH is 5. The predicted octanol–water partition coefficient (Wildman–Crippen LogP) is 10.8. The van der Waals surface area contributed by atoms with Gasteiger partial charge in [-0.3, -0.25) is 4.79 Å². The third kappa shape index (κ3) is 31.0. The van der Waals surface area contributed by atoms with E-state index in [2.05, 4.69) is 43.5 Å². The van der Waals surface area contributed by atoms with E-state index in [1.807, 2.05) is 6.08 Å². The summed E-state index contributed by atoms with van der Waals surface area (Å²) < 4.78 is 11.2. The molecule has 0 aromatic rings. The number of aliphatic hydroxyl groups is 5.